The van der Waals surface area contributed by atoms with Crippen molar-refractivity contribution in [2.45, 2.75) is 19.8 Å². The van der Waals surface area contributed by atoms with E-state index < -0.39 is 0 Å². The predicted molar refractivity (Wildman–Crippen MR) is 89.3 cm³/mol. The summed E-state index contributed by atoms with van der Waals surface area (Å²) in [5, 5.41) is 11.3. The molecule has 1 atom stereocenters. The number of aliphatic imine (C=N–C) groups is 1. The molecule has 0 spiro atoms. The average molecular weight is 297 g/mol. The maximum Gasteiger partial charge on any atom is 0.332 e. The predicted octanol–water partition coefficient (Wildman–Crippen LogP) is 2.71. The van der Waals surface area contributed by atoms with Gasteiger partial charge < -0.3 is 15.7 Å². The van der Waals surface area contributed by atoms with E-state index in [1.807, 2.05) is 37.5 Å². The summed E-state index contributed by atoms with van der Waals surface area (Å²) in [5.41, 5.74) is 2.33. The number of aromatic amines is 1. The van der Waals surface area contributed by atoms with Crippen molar-refractivity contribution in [3.8, 4) is 5.69 Å². The molecular weight excluding hydrogens is 278 g/mol. The second-order valence-corrected chi connectivity index (χ2v) is 5.39. The standard InChI is InChI=1S/C16H19N5O/c1-3-10-7-13(17)14-15(19-9-10)21(16(22)20-14)12-6-4-5-11(8-12)18-2/h4-6,8-10,17-18H,3,7H2,1-2H3,(H,20,22). The van der Waals surface area contributed by atoms with E-state index in [-0.39, 0.29) is 11.6 Å². The lowest BCUT2D eigenvalue weighted by molar-refractivity contribution is 0.708. The van der Waals surface area contributed by atoms with Gasteiger partial charge in [0.05, 0.1) is 11.4 Å². The molecule has 1 aliphatic rings. The normalized spacial score (nSPS) is 17.2. The minimum absolute atomic E-state index is 0.237. The molecule has 0 aliphatic carbocycles. The molecule has 1 aromatic carbocycles. The molecular formula is C16H19N5O. The van der Waals surface area contributed by atoms with E-state index in [1.165, 1.54) is 4.57 Å². The molecule has 3 rings (SSSR count). The van der Waals surface area contributed by atoms with Crippen LogP contribution in [0.5, 0.6) is 0 Å². The van der Waals surface area contributed by atoms with Gasteiger partial charge in [0.2, 0.25) is 0 Å². The number of hydrogen-bond acceptors (Lipinski definition) is 4. The summed E-state index contributed by atoms with van der Waals surface area (Å²) in [7, 11) is 1.83. The van der Waals surface area contributed by atoms with E-state index in [4.69, 9.17) is 5.41 Å². The maximum atomic E-state index is 12.3. The van der Waals surface area contributed by atoms with Crippen molar-refractivity contribution >= 4 is 23.4 Å². The summed E-state index contributed by atoms with van der Waals surface area (Å²) >= 11 is 0. The van der Waals surface area contributed by atoms with Crippen LogP contribution < -0.4 is 11.0 Å². The molecule has 3 N–H and O–H groups in total. The number of H-pyrrole nitrogens is 1. The van der Waals surface area contributed by atoms with Gasteiger partial charge in [-0.2, -0.15) is 0 Å². The van der Waals surface area contributed by atoms with E-state index >= 15 is 0 Å². The fraction of sp³-hybridized carbons (Fsp3) is 0.312. The van der Waals surface area contributed by atoms with Crippen molar-refractivity contribution in [3.05, 3.63) is 40.4 Å². The Balaban J connectivity index is 2.18. The van der Waals surface area contributed by atoms with Crippen LogP contribution in [-0.4, -0.2) is 28.5 Å². The third kappa shape index (κ3) is 2.36. The van der Waals surface area contributed by atoms with E-state index in [0.717, 1.165) is 17.8 Å². The number of imidazole rings is 1. The van der Waals surface area contributed by atoms with Crippen molar-refractivity contribution in [1.82, 2.24) is 9.55 Å². The molecule has 0 amide bonds. The Morgan fingerprint density at radius 1 is 1.50 bits per heavy atom. The maximum absolute atomic E-state index is 12.3. The number of benzene rings is 1. The summed E-state index contributed by atoms with van der Waals surface area (Å²) in [5.74, 6) is 0.750. The highest BCUT2D eigenvalue weighted by Gasteiger charge is 2.22. The first-order chi connectivity index (χ1) is 10.6. The SMILES string of the molecule is CCC1C=Nc2c([nH]c(=O)n2-c2cccc(NC)c2)C(=N)C1. The number of rotatable bonds is 3. The van der Waals surface area contributed by atoms with Gasteiger partial charge in [0, 0.05) is 18.9 Å². The zero-order valence-electron chi connectivity index (χ0n) is 12.7. The Bertz CT molecular complexity index is 799. The highest BCUT2D eigenvalue weighted by atomic mass is 16.1. The number of aromatic nitrogens is 2. The van der Waals surface area contributed by atoms with Crippen LogP contribution in [0.15, 0.2) is 34.1 Å². The van der Waals surface area contributed by atoms with Crippen molar-refractivity contribution in [2.24, 2.45) is 10.9 Å². The van der Waals surface area contributed by atoms with Crippen molar-refractivity contribution in [2.75, 3.05) is 12.4 Å². The highest BCUT2D eigenvalue weighted by Crippen LogP contribution is 2.27. The molecule has 0 fully saturated rings. The molecule has 0 bridgehead atoms. The fourth-order valence-corrected chi connectivity index (χ4v) is 2.64. The van der Waals surface area contributed by atoms with Gasteiger partial charge in [0.25, 0.3) is 0 Å². The minimum atomic E-state index is -0.268. The quantitative estimate of drug-likeness (QED) is 0.813. The lowest BCUT2D eigenvalue weighted by atomic mass is 10.0. The van der Waals surface area contributed by atoms with Gasteiger partial charge in [-0.15, -0.1) is 0 Å². The summed E-state index contributed by atoms with van der Waals surface area (Å²) in [6.07, 6.45) is 3.38. The van der Waals surface area contributed by atoms with Gasteiger partial charge in [0.1, 0.15) is 5.69 Å². The van der Waals surface area contributed by atoms with E-state index in [2.05, 4.69) is 22.2 Å². The number of anilines is 1. The third-order valence-electron chi connectivity index (χ3n) is 3.96. The first-order valence-electron chi connectivity index (χ1n) is 7.39. The van der Waals surface area contributed by atoms with Gasteiger partial charge in [-0.05, 0) is 37.0 Å². The van der Waals surface area contributed by atoms with Crippen molar-refractivity contribution in [1.29, 1.82) is 5.41 Å². The molecule has 2 heterocycles. The lowest BCUT2D eigenvalue weighted by Gasteiger charge is -2.07. The Morgan fingerprint density at radius 3 is 3.05 bits per heavy atom. The zero-order valence-corrected chi connectivity index (χ0v) is 12.7. The van der Waals surface area contributed by atoms with Crippen molar-refractivity contribution in [3.63, 3.8) is 0 Å². The molecule has 1 aromatic heterocycles. The fourth-order valence-electron chi connectivity index (χ4n) is 2.64. The van der Waals surface area contributed by atoms with Gasteiger partial charge in [0.15, 0.2) is 5.82 Å². The number of hydrogen-bond donors (Lipinski definition) is 3. The second kappa shape index (κ2) is 5.63. The molecule has 2 aromatic rings. The average Bonchev–Trinajstić information content (AvgIpc) is 2.79. The van der Waals surface area contributed by atoms with Crippen LogP contribution in [0, 0.1) is 11.3 Å². The third-order valence-corrected chi connectivity index (χ3v) is 3.96. The summed E-state index contributed by atoms with van der Waals surface area (Å²) in [6, 6.07) is 7.56. The van der Waals surface area contributed by atoms with Crippen LogP contribution in [0.4, 0.5) is 11.5 Å². The molecule has 1 unspecified atom stereocenters. The molecule has 6 heteroatoms. The first-order valence-corrected chi connectivity index (χ1v) is 7.39. The van der Waals surface area contributed by atoms with Crippen LogP contribution in [0.2, 0.25) is 0 Å². The largest absolute Gasteiger partial charge is 0.388 e. The Morgan fingerprint density at radius 2 is 2.32 bits per heavy atom. The highest BCUT2D eigenvalue weighted by molar-refractivity contribution is 6.03. The Kier molecular flexibility index (Phi) is 3.66. The second-order valence-electron chi connectivity index (χ2n) is 5.39. The summed E-state index contributed by atoms with van der Waals surface area (Å²) in [6.45, 7) is 2.08. The van der Waals surface area contributed by atoms with Crippen LogP contribution in [-0.2, 0) is 0 Å². The van der Waals surface area contributed by atoms with E-state index in [1.54, 1.807) is 0 Å². The Hall–Kier alpha value is -2.63. The number of nitrogens with one attached hydrogen (secondary N) is 3. The number of fused-ring (bicyclic) bond motifs is 1. The molecule has 114 valence electrons. The van der Waals surface area contributed by atoms with Gasteiger partial charge in [-0.1, -0.05) is 13.0 Å². The zero-order chi connectivity index (χ0) is 15.7. The van der Waals surface area contributed by atoms with E-state index in [0.29, 0.717) is 23.6 Å². The van der Waals surface area contributed by atoms with Gasteiger partial charge >= 0.3 is 5.69 Å². The summed E-state index contributed by atoms with van der Waals surface area (Å²) in [4.78, 5) is 19.6. The monoisotopic (exact) mass is 297 g/mol. The minimum Gasteiger partial charge on any atom is -0.388 e. The topological polar surface area (TPSA) is 86.0 Å². The van der Waals surface area contributed by atoms with Crippen molar-refractivity contribution < 1.29 is 0 Å². The van der Waals surface area contributed by atoms with E-state index in [9.17, 15) is 4.79 Å². The summed E-state index contributed by atoms with van der Waals surface area (Å²) < 4.78 is 1.53. The first kappa shape index (κ1) is 14.3. The molecule has 0 saturated heterocycles. The van der Waals surface area contributed by atoms with Crippen LogP contribution >= 0.6 is 0 Å². The molecule has 0 saturated carbocycles. The van der Waals surface area contributed by atoms with Crippen LogP contribution in [0.1, 0.15) is 25.5 Å². The number of nitrogens with zero attached hydrogens (tertiary/aromatic N) is 2. The molecule has 0 radical (unpaired) electrons. The lowest BCUT2D eigenvalue weighted by Crippen LogP contribution is -2.15. The molecule has 6 nitrogen and oxygen atoms in total. The van der Waals surface area contributed by atoms with Crippen LogP contribution in [0.25, 0.3) is 5.69 Å². The van der Waals surface area contributed by atoms with Gasteiger partial charge in [-0.3, -0.25) is 0 Å². The van der Waals surface area contributed by atoms with Gasteiger partial charge in [-0.25, -0.2) is 14.4 Å². The molecule has 1 aliphatic heterocycles. The molecule has 22 heavy (non-hydrogen) atoms. The van der Waals surface area contributed by atoms with Crippen LogP contribution in [0.3, 0.4) is 0 Å². The smallest absolute Gasteiger partial charge is 0.332 e. The Labute approximate surface area is 128 Å².